The SMILES string of the molecule is CNC(=O)[C@@H](c1ccccc1OC)N1CCC[C@H]1C(=O)NCCOC. The van der Waals surface area contributed by atoms with E-state index in [1.165, 1.54) is 0 Å². The van der Waals surface area contributed by atoms with E-state index < -0.39 is 6.04 Å². The van der Waals surface area contributed by atoms with Gasteiger partial charge in [-0.2, -0.15) is 0 Å². The molecule has 0 bridgehead atoms. The number of nitrogens with one attached hydrogen (secondary N) is 2. The second kappa shape index (κ2) is 9.39. The Morgan fingerprint density at radius 1 is 1.32 bits per heavy atom. The zero-order valence-electron chi connectivity index (χ0n) is 15.1. The molecular formula is C18H27N3O4. The van der Waals surface area contributed by atoms with E-state index in [4.69, 9.17) is 9.47 Å². The highest BCUT2D eigenvalue weighted by Crippen LogP contribution is 2.34. The Balaban J connectivity index is 2.27. The highest BCUT2D eigenvalue weighted by molar-refractivity contribution is 5.86. The van der Waals surface area contributed by atoms with Crippen molar-refractivity contribution in [3.8, 4) is 5.75 Å². The molecule has 0 radical (unpaired) electrons. The second-order valence-electron chi connectivity index (χ2n) is 5.94. The van der Waals surface area contributed by atoms with Crippen LogP contribution in [0.3, 0.4) is 0 Å². The van der Waals surface area contributed by atoms with Crippen molar-refractivity contribution in [2.75, 3.05) is 41.0 Å². The first-order valence-corrected chi connectivity index (χ1v) is 8.51. The number of amides is 2. The van der Waals surface area contributed by atoms with E-state index in [1.54, 1.807) is 21.3 Å². The fourth-order valence-electron chi connectivity index (χ4n) is 3.27. The number of hydrogen-bond acceptors (Lipinski definition) is 5. The van der Waals surface area contributed by atoms with Gasteiger partial charge in [0.05, 0.1) is 19.8 Å². The zero-order valence-corrected chi connectivity index (χ0v) is 15.1. The fourth-order valence-corrected chi connectivity index (χ4v) is 3.27. The Morgan fingerprint density at radius 3 is 2.76 bits per heavy atom. The topological polar surface area (TPSA) is 79.9 Å². The van der Waals surface area contributed by atoms with Crippen molar-refractivity contribution in [2.24, 2.45) is 0 Å². The first kappa shape index (κ1) is 19.2. The molecule has 1 heterocycles. The standard InChI is InChI=1S/C18H27N3O4/c1-19-18(23)16(13-7-4-5-9-15(13)25-3)21-11-6-8-14(21)17(22)20-10-12-24-2/h4-5,7,9,14,16H,6,8,10-12H2,1-3H3,(H,19,23)(H,20,22)/t14-,16+/m0/s1. The molecular weight excluding hydrogens is 322 g/mol. The van der Waals surface area contributed by atoms with Gasteiger partial charge >= 0.3 is 0 Å². The maximum atomic E-state index is 12.6. The molecule has 7 nitrogen and oxygen atoms in total. The molecule has 0 spiro atoms. The minimum atomic E-state index is -0.568. The molecule has 1 aromatic rings. The van der Waals surface area contributed by atoms with E-state index in [0.717, 1.165) is 18.4 Å². The summed E-state index contributed by atoms with van der Waals surface area (Å²) in [7, 11) is 4.78. The van der Waals surface area contributed by atoms with Gasteiger partial charge < -0.3 is 20.1 Å². The number of ether oxygens (including phenoxy) is 2. The average molecular weight is 349 g/mol. The summed E-state index contributed by atoms with van der Waals surface area (Å²) >= 11 is 0. The lowest BCUT2D eigenvalue weighted by atomic mass is 10.0. The molecule has 0 unspecified atom stereocenters. The van der Waals surface area contributed by atoms with E-state index in [-0.39, 0.29) is 17.9 Å². The van der Waals surface area contributed by atoms with Crippen LogP contribution in [-0.2, 0) is 14.3 Å². The van der Waals surface area contributed by atoms with Crippen molar-refractivity contribution < 1.29 is 19.1 Å². The molecule has 1 saturated heterocycles. The monoisotopic (exact) mass is 349 g/mol. The van der Waals surface area contributed by atoms with E-state index in [2.05, 4.69) is 10.6 Å². The van der Waals surface area contributed by atoms with Crippen molar-refractivity contribution >= 4 is 11.8 Å². The Hall–Kier alpha value is -2.12. The summed E-state index contributed by atoms with van der Waals surface area (Å²) in [6.07, 6.45) is 1.59. The molecule has 7 heteroatoms. The van der Waals surface area contributed by atoms with Crippen molar-refractivity contribution in [1.82, 2.24) is 15.5 Å². The third kappa shape index (κ3) is 4.49. The quantitative estimate of drug-likeness (QED) is 0.676. The zero-order chi connectivity index (χ0) is 18.2. The number of carbonyl (C=O) groups excluding carboxylic acids is 2. The summed E-state index contributed by atoms with van der Waals surface area (Å²) in [6, 6.07) is 6.52. The van der Waals surface area contributed by atoms with Crippen LogP contribution in [0.4, 0.5) is 0 Å². The number of rotatable bonds is 8. The molecule has 2 rings (SSSR count). The van der Waals surface area contributed by atoms with Crippen LogP contribution in [0, 0.1) is 0 Å². The van der Waals surface area contributed by atoms with Gasteiger partial charge in [0.2, 0.25) is 11.8 Å². The largest absolute Gasteiger partial charge is 0.496 e. The van der Waals surface area contributed by atoms with E-state index >= 15 is 0 Å². The van der Waals surface area contributed by atoms with Crippen LogP contribution in [0.15, 0.2) is 24.3 Å². The number of likely N-dealkylation sites (N-methyl/N-ethyl adjacent to an activating group) is 1. The lowest BCUT2D eigenvalue weighted by molar-refractivity contribution is -0.131. The number of para-hydroxylation sites is 1. The highest BCUT2D eigenvalue weighted by atomic mass is 16.5. The number of benzene rings is 1. The van der Waals surface area contributed by atoms with Crippen molar-refractivity contribution in [3.05, 3.63) is 29.8 Å². The molecule has 2 N–H and O–H groups in total. The Bertz CT molecular complexity index is 593. The van der Waals surface area contributed by atoms with Crippen LogP contribution in [0.5, 0.6) is 5.75 Å². The maximum absolute atomic E-state index is 12.6. The third-order valence-corrected chi connectivity index (χ3v) is 4.46. The van der Waals surface area contributed by atoms with Crippen molar-refractivity contribution in [2.45, 2.75) is 24.9 Å². The van der Waals surface area contributed by atoms with Crippen molar-refractivity contribution in [1.29, 1.82) is 0 Å². The summed E-state index contributed by atoms with van der Waals surface area (Å²) in [5.74, 6) is 0.418. The van der Waals surface area contributed by atoms with Gasteiger partial charge in [0.1, 0.15) is 11.8 Å². The summed E-state index contributed by atoms with van der Waals surface area (Å²) in [5, 5.41) is 5.59. The first-order chi connectivity index (χ1) is 12.1. The summed E-state index contributed by atoms with van der Waals surface area (Å²) in [6.45, 7) is 1.60. The Kier molecular flexibility index (Phi) is 7.21. The molecule has 0 aromatic heterocycles. The number of methoxy groups -OCH3 is 2. The molecule has 1 aromatic carbocycles. The number of hydrogen-bond donors (Lipinski definition) is 2. The van der Waals surface area contributed by atoms with Gasteiger partial charge in [0, 0.05) is 32.8 Å². The number of likely N-dealkylation sites (tertiary alicyclic amines) is 1. The van der Waals surface area contributed by atoms with Crippen molar-refractivity contribution in [3.63, 3.8) is 0 Å². The molecule has 2 amide bonds. The molecule has 0 aliphatic carbocycles. The summed E-state index contributed by atoms with van der Waals surface area (Å²) < 4.78 is 10.4. The van der Waals surface area contributed by atoms with E-state index in [1.807, 2.05) is 29.2 Å². The molecule has 1 fully saturated rings. The van der Waals surface area contributed by atoms with Gasteiger partial charge in [-0.05, 0) is 18.9 Å². The molecule has 25 heavy (non-hydrogen) atoms. The van der Waals surface area contributed by atoms with Gasteiger partial charge in [0.15, 0.2) is 0 Å². The lowest BCUT2D eigenvalue weighted by Gasteiger charge is -2.32. The first-order valence-electron chi connectivity index (χ1n) is 8.51. The van der Waals surface area contributed by atoms with Gasteiger partial charge in [-0.3, -0.25) is 14.5 Å². The molecule has 1 aliphatic rings. The maximum Gasteiger partial charge on any atom is 0.241 e. The Labute approximate surface area is 148 Å². The summed E-state index contributed by atoms with van der Waals surface area (Å²) in [5.41, 5.74) is 0.765. The molecule has 1 aliphatic heterocycles. The average Bonchev–Trinajstić information content (AvgIpc) is 3.11. The van der Waals surface area contributed by atoms with E-state index in [9.17, 15) is 9.59 Å². The lowest BCUT2D eigenvalue weighted by Crippen LogP contribution is -2.49. The van der Waals surface area contributed by atoms with Crippen LogP contribution in [0.25, 0.3) is 0 Å². The fraction of sp³-hybridized carbons (Fsp3) is 0.556. The molecule has 2 atom stereocenters. The predicted octanol–water partition coefficient (Wildman–Crippen LogP) is 0.709. The van der Waals surface area contributed by atoms with Gasteiger partial charge in [-0.15, -0.1) is 0 Å². The van der Waals surface area contributed by atoms with Crippen LogP contribution in [-0.4, -0.2) is 63.7 Å². The van der Waals surface area contributed by atoms with Crippen LogP contribution < -0.4 is 15.4 Å². The number of nitrogens with zero attached hydrogens (tertiary/aromatic N) is 1. The normalized spacial score (nSPS) is 18.6. The van der Waals surface area contributed by atoms with Gasteiger partial charge in [-0.25, -0.2) is 0 Å². The number of carbonyl (C=O) groups is 2. The molecule has 0 saturated carbocycles. The smallest absolute Gasteiger partial charge is 0.241 e. The van der Waals surface area contributed by atoms with Gasteiger partial charge in [0.25, 0.3) is 0 Å². The predicted molar refractivity (Wildman–Crippen MR) is 94.4 cm³/mol. The molecule has 138 valence electrons. The minimum Gasteiger partial charge on any atom is -0.496 e. The minimum absolute atomic E-state index is 0.0710. The summed E-state index contributed by atoms with van der Waals surface area (Å²) in [4.78, 5) is 27.2. The Morgan fingerprint density at radius 2 is 2.08 bits per heavy atom. The third-order valence-electron chi connectivity index (χ3n) is 4.46. The van der Waals surface area contributed by atoms with Crippen LogP contribution in [0.2, 0.25) is 0 Å². The van der Waals surface area contributed by atoms with E-state index in [0.29, 0.717) is 25.4 Å². The van der Waals surface area contributed by atoms with Crippen LogP contribution >= 0.6 is 0 Å². The highest BCUT2D eigenvalue weighted by Gasteiger charge is 2.40. The second-order valence-corrected chi connectivity index (χ2v) is 5.94. The van der Waals surface area contributed by atoms with Crippen LogP contribution in [0.1, 0.15) is 24.4 Å². The van der Waals surface area contributed by atoms with Gasteiger partial charge in [-0.1, -0.05) is 18.2 Å².